The Morgan fingerprint density at radius 2 is 1.74 bits per heavy atom. The molecule has 6 nitrogen and oxygen atoms in total. The van der Waals surface area contributed by atoms with Crippen LogP contribution in [0.25, 0.3) is 0 Å². The van der Waals surface area contributed by atoms with E-state index in [2.05, 4.69) is 39.8 Å². The molecule has 4 rings (SSSR count). The summed E-state index contributed by atoms with van der Waals surface area (Å²) in [5, 5.41) is 5.94. The van der Waals surface area contributed by atoms with Crippen LogP contribution in [0.2, 0.25) is 0 Å². The van der Waals surface area contributed by atoms with E-state index in [-0.39, 0.29) is 18.2 Å². The van der Waals surface area contributed by atoms with Crippen molar-refractivity contribution in [3.8, 4) is 0 Å². The normalized spacial score (nSPS) is 12.7. The van der Waals surface area contributed by atoms with Crippen molar-refractivity contribution in [2.45, 2.75) is 25.8 Å². The van der Waals surface area contributed by atoms with Crippen LogP contribution < -0.4 is 15.5 Å². The number of carbonyl (C=O) groups excluding carboxylic acids is 2. The molecule has 3 aromatic carbocycles. The number of carbonyl (C=O) groups is 2. The van der Waals surface area contributed by atoms with E-state index in [1.54, 1.807) is 13.2 Å². The average Bonchev–Trinajstić information content (AvgIpc) is 2.86. The van der Waals surface area contributed by atoms with Gasteiger partial charge in [-0.25, -0.2) is 0 Å². The number of benzene rings is 3. The number of ether oxygens (including phenoxy) is 1. The largest absolute Gasteiger partial charge is 0.385 e. The van der Waals surface area contributed by atoms with E-state index >= 15 is 0 Å². The zero-order chi connectivity index (χ0) is 23.8. The monoisotopic (exact) mass is 457 g/mol. The van der Waals surface area contributed by atoms with E-state index in [1.807, 2.05) is 42.5 Å². The van der Waals surface area contributed by atoms with Gasteiger partial charge in [-0.2, -0.15) is 0 Å². The smallest absolute Gasteiger partial charge is 0.253 e. The van der Waals surface area contributed by atoms with Crippen molar-refractivity contribution in [3.63, 3.8) is 0 Å². The van der Waals surface area contributed by atoms with E-state index in [0.717, 1.165) is 37.2 Å². The Labute approximate surface area is 200 Å². The summed E-state index contributed by atoms with van der Waals surface area (Å²) in [6, 6.07) is 23.6. The fraction of sp³-hybridized carbons (Fsp3) is 0.286. The summed E-state index contributed by atoms with van der Waals surface area (Å²) in [5.41, 5.74) is 5.63. The molecule has 0 spiro atoms. The highest BCUT2D eigenvalue weighted by Crippen LogP contribution is 2.29. The van der Waals surface area contributed by atoms with Gasteiger partial charge >= 0.3 is 0 Å². The Hall–Kier alpha value is -3.64. The van der Waals surface area contributed by atoms with Gasteiger partial charge in [0.25, 0.3) is 5.91 Å². The van der Waals surface area contributed by atoms with Gasteiger partial charge in [0.05, 0.1) is 12.0 Å². The minimum absolute atomic E-state index is 0.114. The number of amides is 2. The molecule has 2 N–H and O–H groups in total. The number of fused-ring (bicyclic) bond motifs is 1. The molecule has 34 heavy (non-hydrogen) atoms. The first kappa shape index (κ1) is 23.5. The van der Waals surface area contributed by atoms with Crippen molar-refractivity contribution in [3.05, 3.63) is 95.1 Å². The van der Waals surface area contributed by atoms with Crippen LogP contribution in [0.3, 0.4) is 0 Å². The Morgan fingerprint density at radius 1 is 0.971 bits per heavy atom. The minimum Gasteiger partial charge on any atom is -0.385 e. The fourth-order valence-electron chi connectivity index (χ4n) is 4.27. The lowest BCUT2D eigenvalue weighted by Crippen LogP contribution is -2.33. The van der Waals surface area contributed by atoms with Crippen molar-refractivity contribution in [2.75, 3.05) is 37.0 Å². The van der Waals surface area contributed by atoms with Gasteiger partial charge in [0, 0.05) is 44.7 Å². The molecule has 0 unspecified atom stereocenters. The van der Waals surface area contributed by atoms with Crippen molar-refractivity contribution in [1.29, 1.82) is 0 Å². The molecular weight excluding hydrogens is 426 g/mol. The lowest BCUT2D eigenvalue weighted by molar-refractivity contribution is -0.115. The van der Waals surface area contributed by atoms with Gasteiger partial charge in [-0.1, -0.05) is 54.6 Å². The Morgan fingerprint density at radius 3 is 2.53 bits per heavy atom. The lowest BCUT2D eigenvalue weighted by atomic mass is 9.98. The van der Waals surface area contributed by atoms with E-state index < -0.39 is 0 Å². The quantitative estimate of drug-likeness (QED) is 0.473. The van der Waals surface area contributed by atoms with Gasteiger partial charge in [0.1, 0.15) is 0 Å². The molecule has 1 aliphatic heterocycles. The second-order valence-electron chi connectivity index (χ2n) is 8.48. The number of anilines is 2. The number of nitrogens with one attached hydrogen (secondary N) is 2. The number of hydrogen-bond acceptors (Lipinski definition) is 4. The summed E-state index contributed by atoms with van der Waals surface area (Å²) in [4.78, 5) is 28.0. The summed E-state index contributed by atoms with van der Waals surface area (Å²) >= 11 is 0. The zero-order valence-electron chi connectivity index (χ0n) is 19.5. The lowest BCUT2D eigenvalue weighted by Gasteiger charge is -2.32. The van der Waals surface area contributed by atoms with Crippen LogP contribution in [0.1, 0.15) is 33.5 Å². The van der Waals surface area contributed by atoms with Crippen molar-refractivity contribution in [1.82, 2.24) is 5.32 Å². The highest BCUT2D eigenvalue weighted by Gasteiger charge is 2.22. The van der Waals surface area contributed by atoms with Gasteiger partial charge in [0.2, 0.25) is 5.91 Å². The third kappa shape index (κ3) is 6.02. The van der Waals surface area contributed by atoms with Crippen molar-refractivity contribution in [2.24, 2.45) is 0 Å². The standard InChI is InChI=1S/C28H31N3O3/c1-34-17-7-15-29-28(33)25-19-24(30-27(32)18-21-8-3-2-4-9-21)12-13-26(25)31-16-14-22-10-5-6-11-23(22)20-31/h2-6,8-13,19H,7,14-18,20H2,1H3,(H,29,33)(H,30,32). The third-order valence-corrected chi connectivity index (χ3v) is 6.01. The molecule has 3 aromatic rings. The van der Waals surface area contributed by atoms with Crippen LogP contribution in [-0.2, 0) is 28.9 Å². The fourth-order valence-corrected chi connectivity index (χ4v) is 4.27. The van der Waals surface area contributed by atoms with Crippen LogP contribution in [0.15, 0.2) is 72.8 Å². The number of hydrogen-bond donors (Lipinski definition) is 2. The van der Waals surface area contributed by atoms with Crippen LogP contribution in [0.5, 0.6) is 0 Å². The average molecular weight is 458 g/mol. The highest BCUT2D eigenvalue weighted by molar-refractivity contribution is 6.02. The predicted molar refractivity (Wildman–Crippen MR) is 135 cm³/mol. The predicted octanol–water partition coefficient (Wildman–Crippen LogP) is 4.20. The molecule has 2 amide bonds. The molecular formula is C28H31N3O3. The second kappa shape index (κ2) is 11.5. The van der Waals surface area contributed by atoms with Gasteiger partial charge in [-0.15, -0.1) is 0 Å². The third-order valence-electron chi connectivity index (χ3n) is 6.01. The van der Waals surface area contributed by atoms with E-state index in [4.69, 9.17) is 4.74 Å². The van der Waals surface area contributed by atoms with E-state index in [1.165, 1.54) is 11.1 Å². The first-order valence-corrected chi connectivity index (χ1v) is 11.7. The van der Waals surface area contributed by atoms with Gasteiger partial charge < -0.3 is 20.3 Å². The van der Waals surface area contributed by atoms with E-state index in [9.17, 15) is 9.59 Å². The summed E-state index contributed by atoms with van der Waals surface area (Å²) in [6.45, 7) is 2.70. The molecule has 0 radical (unpaired) electrons. The zero-order valence-corrected chi connectivity index (χ0v) is 19.5. The Balaban J connectivity index is 1.54. The minimum atomic E-state index is -0.149. The summed E-state index contributed by atoms with van der Waals surface area (Å²) in [5.74, 6) is -0.263. The van der Waals surface area contributed by atoms with Crippen LogP contribution in [0, 0.1) is 0 Å². The first-order valence-electron chi connectivity index (χ1n) is 11.7. The maximum atomic E-state index is 13.2. The summed E-state index contributed by atoms with van der Waals surface area (Å²) in [6.07, 6.45) is 1.95. The number of methoxy groups -OCH3 is 1. The van der Waals surface area contributed by atoms with Crippen LogP contribution >= 0.6 is 0 Å². The molecule has 1 aliphatic rings. The van der Waals surface area contributed by atoms with Crippen molar-refractivity contribution < 1.29 is 14.3 Å². The van der Waals surface area contributed by atoms with Gasteiger partial charge in [0.15, 0.2) is 0 Å². The summed E-state index contributed by atoms with van der Waals surface area (Å²) in [7, 11) is 1.65. The second-order valence-corrected chi connectivity index (χ2v) is 8.48. The van der Waals surface area contributed by atoms with Crippen LogP contribution in [0.4, 0.5) is 11.4 Å². The first-order chi connectivity index (χ1) is 16.6. The topological polar surface area (TPSA) is 70.7 Å². The van der Waals surface area contributed by atoms with E-state index in [0.29, 0.717) is 24.4 Å². The molecule has 0 bridgehead atoms. The molecule has 0 saturated carbocycles. The molecule has 1 heterocycles. The molecule has 0 aliphatic carbocycles. The SMILES string of the molecule is COCCCNC(=O)c1cc(NC(=O)Cc2ccccc2)ccc1N1CCc2ccccc2C1. The molecule has 0 fully saturated rings. The molecule has 176 valence electrons. The molecule has 0 saturated heterocycles. The van der Waals surface area contributed by atoms with Crippen molar-refractivity contribution >= 4 is 23.2 Å². The van der Waals surface area contributed by atoms with Gasteiger partial charge in [-0.3, -0.25) is 9.59 Å². The number of rotatable bonds is 9. The van der Waals surface area contributed by atoms with Gasteiger partial charge in [-0.05, 0) is 47.7 Å². The molecule has 0 atom stereocenters. The molecule has 0 aromatic heterocycles. The highest BCUT2D eigenvalue weighted by atomic mass is 16.5. The Bertz CT molecular complexity index is 1130. The van der Waals surface area contributed by atoms with Crippen LogP contribution in [-0.4, -0.2) is 38.6 Å². The maximum Gasteiger partial charge on any atom is 0.253 e. The Kier molecular flexibility index (Phi) is 7.94. The number of nitrogens with zero attached hydrogens (tertiary/aromatic N) is 1. The maximum absolute atomic E-state index is 13.2. The summed E-state index contributed by atoms with van der Waals surface area (Å²) < 4.78 is 5.09. The molecule has 6 heteroatoms.